The first-order chi connectivity index (χ1) is 10.6. The van der Waals surface area contributed by atoms with Crippen molar-refractivity contribution in [1.29, 1.82) is 0 Å². The molecule has 0 spiro atoms. The molecule has 2 aliphatic rings. The maximum absolute atomic E-state index is 12.4. The first kappa shape index (κ1) is 14.3. The lowest BCUT2D eigenvalue weighted by atomic mass is 10.0. The molecule has 3 heterocycles. The van der Waals surface area contributed by atoms with Gasteiger partial charge >= 0.3 is 0 Å². The number of rotatable bonds is 6. The molecular weight excluding hydrogens is 284 g/mol. The number of hydrogen-bond donors (Lipinski definition) is 2. The van der Waals surface area contributed by atoms with Gasteiger partial charge in [0, 0.05) is 31.2 Å². The summed E-state index contributed by atoms with van der Waals surface area (Å²) >= 11 is 0. The van der Waals surface area contributed by atoms with Crippen molar-refractivity contribution in [2.45, 2.75) is 43.9 Å². The first-order valence-electron chi connectivity index (χ1n) is 7.05. The van der Waals surface area contributed by atoms with Crippen LogP contribution in [0.2, 0.25) is 0 Å². The van der Waals surface area contributed by atoms with Gasteiger partial charge in [-0.05, 0) is 0 Å². The maximum atomic E-state index is 12.4. The van der Waals surface area contributed by atoms with Crippen LogP contribution in [0, 0.1) is 12.3 Å². The van der Waals surface area contributed by atoms with E-state index in [1.807, 2.05) is 0 Å². The molecule has 1 unspecified atom stereocenters. The Kier molecular flexibility index (Phi) is 3.41. The number of hydrogen-bond acceptors (Lipinski definition) is 5. The van der Waals surface area contributed by atoms with Crippen molar-refractivity contribution in [3.63, 3.8) is 0 Å². The molecule has 0 aromatic carbocycles. The van der Waals surface area contributed by atoms with Gasteiger partial charge < -0.3 is 10.6 Å². The van der Waals surface area contributed by atoms with Crippen molar-refractivity contribution >= 4 is 11.8 Å². The molecule has 1 aromatic heterocycles. The highest BCUT2D eigenvalue weighted by molar-refractivity contribution is 5.89. The number of fused-ring (bicyclic) bond motifs is 1. The Morgan fingerprint density at radius 1 is 1.50 bits per heavy atom. The highest BCUT2D eigenvalue weighted by Gasteiger charge is 2.42. The van der Waals surface area contributed by atoms with Crippen LogP contribution in [-0.4, -0.2) is 32.6 Å². The van der Waals surface area contributed by atoms with Crippen LogP contribution in [0.5, 0.6) is 0 Å². The van der Waals surface area contributed by atoms with Crippen molar-refractivity contribution in [1.82, 2.24) is 15.1 Å². The zero-order valence-electron chi connectivity index (χ0n) is 12.0. The van der Waals surface area contributed by atoms with Crippen LogP contribution in [0.15, 0.2) is 16.4 Å². The smallest absolute Gasteiger partial charge is 0.245 e. The summed E-state index contributed by atoms with van der Waals surface area (Å²) in [6, 6.07) is -0.754. The SMILES string of the molecule is C#CCCC1(CCC(=O)N2Cc3[nH]ncc3C2C(N)=O)N=N1. The molecule has 1 aromatic rings. The summed E-state index contributed by atoms with van der Waals surface area (Å²) < 4.78 is 0. The lowest BCUT2D eigenvalue weighted by molar-refractivity contribution is -0.139. The van der Waals surface area contributed by atoms with Crippen molar-refractivity contribution in [2.75, 3.05) is 0 Å². The summed E-state index contributed by atoms with van der Waals surface area (Å²) in [5, 5.41) is 14.7. The number of amides is 2. The van der Waals surface area contributed by atoms with Crippen molar-refractivity contribution in [2.24, 2.45) is 16.0 Å². The van der Waals surface area contributed by atoms with E-state index >= 15 is 0 Å². The molecule has 0 fully saturated rings. The van der Waals surface area contributed by atoms with Gasteiger partial charge in [0.05, 0.1) is 18.4 Å². The fourth-order valence-corrected chi connectivity index (χ4v) is 2.77. The Bertz CT molecular complexity index is 680. The van der Waals surface area contributed by atoms with Gasteiger partial charge in [-0.3, -0.25) is 14.7 Å². The highest BCUT2D eigenvalue weighted by atomic mass is 16.2. The number of H-pyrrole nitrogens is 1. The number of aromatic nitrogens is 2. The van der Waals surface area contributed by atoms with Gasteiger partial charge in [-0.2, -0.15) is 15.3 Å². The number of nitrogens with two attached hydrogens (primary N) is 1. The Balaban J connectivity index is 1.62. The minimum atomic E-state index is -0.754. The fraction of sp³-hybridized carbons (Fsp3) is 0.500. The van der Waals surface area contributed by atoms with E-state index in [-0.39, 0.29) is 12.3 Å². The van der Waals surface area contributed by atoms with E-state index in [0.717, 1.165) is 5.69 Å². The fourth-order valence-electron chi connectivity index (χ4n) is 2.77. The van der Waals surface area contributed by atoms with E-state index in [1.54, 1.807) is 0 Å². The van der Waals surface area contributed by atoms with E-state index < -0.39 is 17.6 Å². The van der Waals surface area contributed by atoms with Gasteiger partial charge in [0.2, 0.25) is 11.8 Å². The molecule has 2 amide bonds. The van der Waals surface area contributed by atoms with Gasteiger partial charge in [0.1, 0.15) is 6.04 Å². The summed E-state index contributed by atoms with van der Waals surface area (Å²) in [7, 11) is 0. The predicted octanol–water partition coefficient (Wildman–Crippen LogP) is 0.634. The van der Waals surface area contributed by atoms with E-state index in [9.17, 15) is 9.59 Å². The normalized spacial score (nSPS) is 20.5. The number of nitrogens with one attached hydrogen (secondary N) is 1. The molecule has 0 bridgehead atoms. The standard InChI is InChI=1S/C14H16N6O2/c1-2-3-5-14(18-19-14)6-4-11(21)20-8-10-9(7-16-17-10)12(20)13(15)22/h1,7,12H,3-6,8H2,(H2,15,22)(H,16,17). The molecule has 0 saturated carbocycles. The summed E-state index contributed by atoms with van der Waals surface area (Å²) in [6.07, 6.45) is 8.75. The Labute approximate surface area is 127 Å². The molecule has 8 nitrogen and oxygen atoms in total. The Hall–Kier alpha value is -2.69. The number of aromatic amines is 1. The first-order valence-corrected chi connectivity index (χ1v) is 7.05. The van der Waals surface area contributed by atoms with Gasteiger partial charge in [0.25, 0.3) is 0 Å². The van der Waals surface area contributed by atoms with Crippen LogP contribution in [-0.2, 0) is 16.1 Å². The average molecular weight is 300 g/mol. The quantitative estimate of drug-likeness (QED) is 0.750. The number of terminal acetylenes is 1. The van der Waals surface area contributed by atoms with Crippen LogP contribution in [0.3, 0.4) is 0 Å². The van der Waals surface area contributed by atoms with E-state index in [0.29, 0.717) is 31.4 Å². The third-order valence-corrected chi connectivity index (χ3v) is 4.07. The minimum Gasteiger partial charge on any atom is -0.368 e. The topological polar surface area (TPSA) is 117 Å². The van der Waals surface area contributed by atoms with Gasteiger partial charge in [-0.25, -0.2) is 0 Å². The molecule has 2 aliphatic heterocycles. The monoisotopic (exact) mass is 300 g/mol. The van der Waals surface area contributed by atoms with Gasteiger partial charge in [-0.1, -0.05) is 0 Å². The van der Waals surface area contributed by atoms with E-state index in [4.69, 9.17) is 12.2 Å². The van der Waals surface area contributed by atoms with E-state index in [2.05, 4.69) is 26.3 Å². The molecule has 3 rings (SSSR count). The zero-order chi connectivity index (χ0) is 15.7. The number of carbonyl (C=O) groups is 2. The predicted molar refractivity (Wildman–Crippen MR) is 76.0 cm³/mol. The zero-order valence-corrected chi connectivity index (χ0v) is 12.0. The third-order valence-electron chi connectivity index (χ3n) is 4.07. The van der Waals surface area contributed by atoms with Crippen LogP contribution in [0.4, 0.5) is 0 Å². The third kappa shape index (κ3) is 2.45. The lowest BCUT2D eigenvalue weighted by Crippen LogP contribution is -2.37. The van der Waals surface area contributed by atoms with Crippen molar-refractivity contribution in [3.05, 3.63) is 17.5 Å². The second-order valence-corrected chi connectivity index (χ2v) is 5.52. The maximum Gasteiger partial charge on any atom is 0.245 e. The molecular formula is C14H16N6O2. The average Bonchev–Trinajstić information content (AvgIpc) is 2.94. The molecule has 0 saturated heterocycles. The van der Waals surface area contributed by atoms with Gasteiger partial charge in [-0.15, -0.1) is 12.3 Å². The highest BCUT2D eigenvalue weighted by Crippen LogP contribution is 2.39. The summed E-state index contributed by atoms with van der Waals surface area (Å²) in [6.45, 7) is 0.313. The largest absolute Gasteiger partial charge is 0.368 e. The molecule has 0 aliphatic carbocycles. The number of nitrogens with zero attached hydrogens (tertiary/aromatic N) is 4. The molecule has 114 valence electrons. The minimum absolute atomic E-state index is 0.147. The molecule has 3 N–H and O–H groups in total. The Morgan fingerprint density at radius 2 is 2.27 bits per heavy atom. The summed E-state index contributed by atoms with van der Waals surface area (Å²) in [5.41, 5.74) is 6.35. The van der Waals surface area contributed by atoms with E-state index in [1.165, 1.54) is 11.1 Å². The van der Waals surface area contributed by atoms with Crippen LogP contribution < -0.4 is 5.73 Å². The Morgan fingerprint density at radius 3 is 2.91 bits per heavy atom. The molecule has 22 heavy (non-hydrogen) atoms. The lowest BCUT2D eigenvalue weighted by Gasteiger charge is -2.23. The van der Waals surface area contributed by atoms with Crippen molar-refractivity contribution in [3.8, 4) is 12.3 Å². The van der Waals surface area contributed by atoms with Gasteiger partial charge in [0.15, 0.2) is 5.66 Å². The second-order valence-electron chi connectivity index (χ2n) is 5.52. The molecule has 0 radical (unpaired) electrons. The number of carbonyl (C=O) groups excluding carboxylic acids is 2. The summed E-state index contributed by atoms with van der Waals surface area (Å²) in [4.78, 5) is 25.6. The van der Waals surface area contributed by atoms with Crippen LogP contribution in [0.1, 0.15) is 43.0 Å². The second kappa shape index (κ2) is 5.26. The van der Waals surface area contributed by atoms with Crippen molar-refractivity contribution < 1.29 is 9.59 Å². The van der Waals surface area contributed by atoms with Crippen LogP contribution >= 0.6 is 0 Å². The summed E-state index contributed by atoms with van der Waals surface area (Å²) in [5.74, 6) is 1.84. The molecule has 1 atom stereocenters. The number of primary amides is 1. The van der Waals surface area contributed by atoms with Crippen LogP contribution in [0.25, 0.3) is 0 Å². The molecule has 8 heteroatoms.